The van der Waals surface area contributed by atoms with E-state index in [0.29, 0.717) is 0 Å². The Morgan fingerprint density at radius 2 is 2.30 bits per heavy atom. The van der Waals surface area contributed by atoms with Gasteiger partial charge >= 0.3 is 0 Å². The second-order valence-corrected chi connectivity index (χ2v) is 3.92. The third-order valence-electron chi connectivity index (χ3n) is 3.38. The van der Waals surface area contributed by atoms with Crippen molar-refractivity contribution in [1.82, 2.24) is 0 Å². The second-order valence-electron chi connectivity index (χ2n) is 3.92. The predicted octanol–water partition coefficient (Wildman–Crippen LogP) is 2.30. The lowest BCUT2D eigenvalue weighted by molar-refractivity contribution is 0.371. The molecule has 0 bridgehead atoms. The van der Waals surface area contributed by atoms with Gasteiger partial charge in [0.1, 0.15) is 0 Å². The van der Waals surface area contributed by atoms with E-state index in [1.54, 1.807) is 0 Å². The van der Waals surface area contributed by atoms with E-state index in [-0.39, 0.29) is 0 Å². The SMILES string of the molecule is C#CCC1CC2CC2C1C. The van der Waals surface area contributed by atoms with E-state index in [1.807, 2.05) is 0 Å². The van der Waals surface area contributed by atoms with Gasteiger partial charge in [0.2, 0.25) is 0 Å². The lowest BCUT2D eigenvalue weighted by Crippen LogP contribution is -2.06. The van der Waals surface area contributed by atoms with E-state index in [1.165, 1.54) is 12.8 Å². The van der Waals surface area contributed by atoms with E-state index in [4.69, 9.17) is 6.42 Å². The summed E-state index contributed by atoms with van der Waals surface area (Å²) in [7, 11) is 0. The van der Waals surface area contributed by atoms with Crippen LogP contribution < -0.4 is 0 Å². The molecule has 4 atom stereocenters. The van der Waals surface area contributed by atoms with Crippen molar-refractivity contribution in [3.63, 3.8) is 0 Å². The quantitative estimate of drug-likeness (QED) is 0.483. The number of terminal acetylenes is 1. The van der Waals surface area contributed by atoms with E-state index >= 15 is 0 Å². The van der Waals surface area contributed by atoms with Crippen LogP contribution in [0.1, 0.15) is 26.2 Å². The lowest BCUT2D eigenvalue weighted by atomic mass is 9.90. The maximum Gasteiger partial charge on any atom is 0.0117 e. The van der Waals surface area contributed by atoms with Gasteiger partial charge in [0.05, 0.1) is 0 Å². The fourth-order valence-electron chi connectivity index (χ4n) is 2.56. The summed E-state index contributed by atoms with van der Waals surface area (Å²) in [4.78, 5) is 0. The fourth-order valence-corrected chi connectivity index (χ4v) is 2.56. The summed E-state index contributed by atoms with van der Waals surface area (Å²) in [5, 5.41) is 0. The van der Waals surface area contributed by atoms with Crippen LogP contribution in [0.3, 0.4) is 0 Å². The molecule has 0 spiro atoms. The molecule has 0 aromatic rings. The molecule has 0 aliphatic heterocycles. The highest BCUT2D eigenvalue weighted by Crippen LogP contribution is 2.58. The molecule has 0 saturated heterocycles. The molecule has 0 N–H and O–H groups in total. The average molecular weight is 134 g/mol. The summed E-state index contributed by atoms with van der Waals surface area (Å²) in [5.41, 5.74) is 0. The van der Waals surface area contributed by atoms with E-state index in [9.17, 15) is 0 Å². The first kappa shape index (κ1) is 6.28. The van der Waals surface area contributed by atoms with Gasteiger partial charge < -0.3 is 0 Å². The molecule has 0 nitrogen and oxygen atoms in total. The Bertz CT molecular complexity index is 175. The first-order valence-electron chi connectivity index (χ1n) is 4.26. The van der Waals surface area contributed by atoms with E-state index in [2.05, 4.69) is 12.8 Å². The normalized spacial score (nSPS) is 50.0. The predicted molar refractivity (Wildman–Crippen MR) is 42.3 cm³/mol. The third-order valence-corrected chi connectivity index (χ3v) is 3.38. The van der Waals surface area contributed by atoms with Crippen molar-refractivity contribution in [2.24, 2.45) is 23.7 Å². The van der Waals surface area contributed by atoms with Crippen LogP contribution in [0.25, 0.3) is 0 Å². The summed E-state index contributed by atoms with van der Waals surface area (Å²) < 4.78 is 0. The van der Waals surface area contributed by atoms with Crippen molar-refractivity contribution < 1.29 is 0 Å². The van der Waals surface area contributed by atoms with E-state index < -0.39 is 0 Å². The summed E-state index contributed by atoms with van der Waals surface area (Å²) in [6.07, 6.45) is 9.23. The van der Waals surface area contributed by atoms with Gasteiger partial charge in [-0.15, -0.1) is 12.3 Å². The van der Waals surface area contributed by atoms with Crippen molar-refractivity contribution in [1.29, 1.82) is 0 Å². The molecule has 10 heavy (non-hydrogen) atoms. The van der Waals surface area contributed by atoms with Gasteiger partial charge in [0.15, 0.2) is 0 Å². The van der Waals surface area contributed by atoms with Crippen molar-refractivity contribution in [3.8, 4) is 12.3 Å². The molecule has 2 fully saturated rings. The van der Waals surface area contributed by atoms with Crippen LogP contribution in [0.5, 0.6) is 0 Å². The molecular formula is C10H14. The maximum atomic E-state index is 5.28. The highest BCUT2D eigenvalue weighted by Gasteiger charge is 2.50. The molecule has 0 heteroatoms. The molecule has 0 amide bonds. The smallest absolute Gasteiger partial charge is 0.0117 e. The molecule has 54 valence electrons. The summed E-state index contributed by atoms with van der Waals surface area (Å²) >= 11 is 0. The van der Waals surface area contributed by atoms with Crippen LogP contribution in [0.4, 0.5) is 0 Å². The van der Waals surface area contributed by atoms with Crippen LogP contribution in [0, 0.1) is 36.0 Å². The molecule has 2 aliphatic rings. The number of hydrogen-bond acceptors (Lipinski definition) is 0. The largest absolute Gasteiger partial charge is 0.120 e. The Morgan fingerprint density at radius 1 is 1.50 bits per heavy atom. The number of hydrogen-bond donors (Lipinski definition) is 0. The number of fused-ring (bicyclic) bond motifs is 1. The Labute approximate surface area is 63.0 Å². The summed E-state index contributed by atoms with van der Waals surface area (Å²) in [6.45, 7) is 2.37. The standard InChI is InChI=1S/C10H14/c1-3-4-8-5-9-6-10(9)7(8)2/h1,7-10H,4-6H2,2H3. The van der Waals surface area contributed by atoms with Crippen LogP contribution in [-0.4, -0.2) is 0 Å². The summed E-state index contributed by atoms with van der Waals surface area (Å²) in [6, 6.07) is 0. The van der Waals surface area contributed by atoms with Gasteiger partial charge in [-0.2, -0.15) is 0 Å². The van der Waals surface area contributed by atoms with Crippen molar-refractivity contribution >= 4 is 0 Å². The molecule has 2 aliphatic carbocycles. The van der Waals surface area contributed by atoms with Gasteiger partial charge in [-0.1, -0.05) is 6.92 Å². The van der Waals surface area contributed by atoms with Crippen molar-refractivity contribution in [2.45, 2.75) is 26.2 Å². The first-order valence-corrected chi connectivity index (χ1v) is 4.26. The van der Waals surface area contributed by atoms with Gasteiger partial charge in [-0.05, 0) is 36.5 Å². The van der Waals surface area contributed by atoms with Gasteiger partial charge in [0, 0.05) is 6.42 Å². The average Bonchev–Trinajstić information content (AvgIpc) is 2.60. The minimum atomic E-state index is 0.869. The minimum Gasteiger partial charge on any atom is -0.120 e. The molecule has 4 unspecified atom stereocenters. The highest BCUT2D eigenvalue weighted by atomic mass is 14.5. The van der Waals surface area contributed by atoms with Gasteiger partial charge in [-0.25, -0.2) is 0 Å². The van der Waals surface area contributed by atoms with Gasteiger partial charge in [0.25, 0.3) is 0 Å². The van der Waals surface area contributed by atoms with Crippen molar-refractivity contribution in [3.05, 3.63) is 0 Å². The fraction of sp³-hybridized carbons (Fsp3) is 0.800. The van der Waals surface area contributed by atoms with Crippen molar-refractivity contribution in [2.75, 3.05) is 0 Å². The highest BCUT2D eigenvalue weighted by molar-refractivity contribution is 5.03. The Balaban J connectivity index is 1.96. The molecular weight excluding hydrogens is 120 g/mol. The zero-order valence-electron chi connectivity index (χ0n) is 6.51. The number of rotatable bonds is 1. The molecule has 0 aromatic heterocycles. The molecule has 2 rings (SSSR count). The summed E-state index contributed by atoms with van der Waals surface area (Å²) in [5.74, 6) is 6.73. The first-order chi connectivity index (χ1) is 4.83. The molecule has 0 radical (unpaired) electrons. The van der Waals surface area contributed by atoms with E-state index in [0.717, 1.165) is 30.1 Å². The second kappa shape index (κ2) is 2.02. The molecule has 0 aromatic carbocycles. The lowest BCUT2D eigenvalue weighted by Gasteiger charge is -2.14. The Hall–Kier alpha value is -0.440. The zero-order valence-corrected chi connectivity index (χ0v) is 6.51. The molecule has 2 saturated carbocycles. The Morgan fingerprint density at radius 3 is 2.80 bits per heavy atom. The van der Waals surface area contributed by atoms with Crippen LogP contribution in [-0.2, 0) is 0 Å². The Kier molecular flexibility index (Phi) is 1.27. The monoisotopic (exact) mass is 134 g/mol. The third kappa shape index (κ3) is 0.770. The minimum absolute atomic E-state index is 0.869. The zero-order chi connectivity index (χ0) is 7.14. The maximum absolute atomic E-state index is 5.28. The van der Waals surface area contributed by atoms with Crippen LogP contribution >= 0.6 is 0 Å². The van der Waals surface area contributed by atoms with Gasteiger partial charge in [-0.3, -0.25) is 0 Å². The van der Waals surface area contributed by atoms with Crippen LogP contribution in [0.2, 0.25) is 0 Å². The van der Waals surface area contributed by atoms with Crippen LogP contribution in [0.15, 0.2) is 0 Å². The topological polar surface area (TPSA) is 0 Å². The molecule has 0 heterocycles.